The van der Waals surface area contributed by atoms with Crippen molar-refractivity contribution in [3.63, 3.8) is 0 Å². The molecule has 0 atom stereocenters. The maximum Gasteiger partial charge on any atom is 0.340 e. The van der Waals surface area contributed by atoms with Crippen LogP contribution in [0.4, 0.5) is 5.69 Å². The predicted octanol–water partition coefficient (Wildman–Crippen LogP) is 6.51. The summed E-state index contributed by atoms with van der Waals surface area (Å²) in [6.07, 6.45) is 1.66. The molecule has 0 aliphatic carbocycles. The molecule has 3 N–H and O–H groups in total. The van der Waals surface area contributed by atoms with Crippen LogP contribution >= 0.6 is 11.8 Å². The number of fused-ring (bicyclic) bond motifs is 1. The van der Waals surface area contributed by atoms with E-state index in [2.05, 4.69) is 10.6 Å². The van der Waals surface area contributed by atoms with E-state index in [4.69, 9.17) is 4.42 Å². The zero-order valence-corrected chi connectivity index (χ0v) is 22.9. The van der Waals surface area contributed by atoms with E-state index in [1.54, 1.807) is 60.7 Å². The fourth-order valence-corrected chi connectivity index (χ4v) is 4.94. The number of hydrogen-bond donors (Lipinski definition) is 3. The molecule has 0 spiro atoms. The molecule has 1 aromatic heterocycles. The predicted molar refractivity (Wildman–Crippen MR) is 162 cm³/mol. The molecule has 0 saturated carbocycles. The van der Waals surface area contributed by atoms with Crippen LogP contribution in [-0.4, -0.2) is 16.9 Å². The summed E-state index contributed by atoms with van der Waals surface area (Å²) in [7, 11) is 0. The summed E-state index contributed by atoms with van der Waals surface area (Å²) in [6.45, 7) is 1.93. The summed E-state index contributed by atoms with van der Waals surface area (Å²) >= 11 is 1.45. The molecule has 5 aromatic rings. The summed E-state index contributed by atoms with van der Waals surface area (Å²) in [5, 5.41) is 15.9. The van der Waals surface area contributed by atoms with Crippen LogP contribution in [0.5, 0.6) is 5.75 Å². The van der Waals surface area contributed by atoms with E-state index in [-0.39, 0.29) is 17.4 Å². The summed E-state index contributed by atoms with van der Waals surface area (Å²) in [5.74, 6) is -0.425. The van der Waals surface area contributed by atoms with Crippen molar-refractivity contribution in [1.82, 2.24) is 5.32 Å². The first-order chi connectivity index (χ1) is 19.9. The van der Waals surface area contributed by atoms with Crippen LogP contribution in [-0.2, 0) is 10.5 Å². The zero-order chi connectivity index (χ0) is 28.8. The number of rotatable bonds is 8. The van der Waals surface area contributed by atoms with Gasteiger partial charge in [0.15, 0.2) is 0 Å². The minimum atomic E-state index is -0.460. The highest BCUT2D eigenvalue weighted by atomic mass is 32.2. The Bertz CT molecular complexity index is 1810. The van der Waals surface area contributed by atoms with Crippen LogP contribution in [0.25, 0.3) is 17.0 Å². The van der Waals surface area contributed by atoms with Gasteiger partial charge < -0.3 is 20.2 Å². The molecule has 204 valence electrons. The molecule has 4 aromatic carbocycles. The monoisotopic (exact) mass is 562 g/mol. The summed E-state index contributed by atoms with van der Waals surface area (Å²) in [5.41, 5.74) is 3.27. The third-order valence-corrected chi connectivity index (χ3v) is 7.38. The summed E-state index contributed by atoms with van der Waals surface area (Å²) < 4.78 is 5.34. The molecule has 0 saturated heterocycles. The van der Waals surface area contributed by atoms with E-state index >= 15 is 0 Å². The van der Waals surface area contributed by atoms with Gasteiger partial charge in [0, 0.05) is 38.9 Å². The Morgan fingerprint density at radius 3 is 2.39 bits per heavy atom. The minimum absolute atomic E-state index is 0.0336. The zero-order valence-electron chi connectivity index (χ0n) is 22.1. The van der Waals surface area contributed by atoms with E-state index in [0.717, 1.165) is 21.4 Å². The number of carbonyl (C=O) groups is 2. The number of thioether (sulfide) groups is 1. The third-order valence-electron chi connectivity index (χ3n) is 6.32. The lowest BCUT2D eigenvalue weighted by atomic mass is 10.1. The van der Waals surface area contributed by atoms with Gasteiger partial charge in [-0.3, -0.25) is 9.59 Å². The number of amides is 2. The summed E-state index contributed by atoms with van der Waals surface area (Å²) in [4.78, 5) is 39.4. The lowest BCUT2D eigenvalue weighted by molar-refractivity contribution is -0.113. The number of phenolic OH excluding ortho intramolecular Hbond substituents is 1. The molecule has 0 bridgehead atoms. The molecule has 7 nitrogen and oxygen atoms in total. The molecule has 0 fully saturated rings. The van der Waals surface area contributed by atoms with Crippen LogP contribution in [0.1, 0.15) is 27.0 Å². The Balaban J connectivity index is 1.29. The van der Waals surface area contributed by atoms with Crippen molar-refractivity contribution in [3.8, 4) is 5.75 Å². The lowest BCUT2D eigenvalue weighted by Gasteiger charge is -2.12. The number of anilines is 1. The molecule has 0 unspecified atom stereocenters. The maximum atomic E-state index is 13.3. The highest BCUT2D eigenvalue weighted by molar-refractivity contribution is 7.98. The average molecular weight is 563 g/mol. The van der Waals surface area contributed by atoms with Crippen molar-refractivity contribution in [3.05, 3.63) is 141 Å². The fourth-order valence-electron chi connectivity index (χ4n) is 4.08. The second-order valence-electron chi connectivity index (χ2n) is 9.28. The minimum Gasteiger partial charge on any atom is -0.508 e. The molecular weight excluding hydrogens is 536 g/mol. The summed E-state index contributed by atoms with van der Waals surface area (Å²) in [6, 6.07) is 29.9. The molecule has 0 aliphatic rings. The number of nitrogens with one attached hydrogen (secondary N) is 2. The molecule has 5 rings (SSSR count). The van der Waals surface area contributed by atoms with Gasteiger partial charge in [-0.25, -0.2) is 4.79 Å². The number of aromatic hydroxyl groups is 1. The van der Waals surface area contributed by atoms with Crippen LogP contribution in [0.2, 0.25) is 0 Å². The largest absolute Gasteiger partial charge is 0.508 e. The second-order valence-corrected chi connectivity index (χ2v) is 10.3. The highest BCUT2D eigenvalue weighted by Crippen LogP contribution is 2.26. The highest BCUT2D eigenvalue weighted by Gasteiger charge is 2.16. The smallest absolute Gasteiger partial charge is 0.340 e. The molecule has 2 amide bonds. The van der Waals surface area contributed by atoms with Crippen LogP contribution < -0.4 is 16.3 Å². The Morgan fingerprint density at radius 2 is 1.63 bits per heavy atom. The lowest BCUT2D eigenvalue weighted by Crippen LogP contribution is -2.30. The number of aryl methyl sites for hydroxylation is 1. The van der Waals surface area contributed by atoms with E-state index in [9.17, 15) is 19.5 Å². The van der Waals surface area contributed by atoms with Gasteiger partial charge >= 0.3 is 5.63 Å². The average Bonchev–Trinajstić information content (AvgIpc) is 2.98. The van der Waals surface area contributed by atoms with Gasteiger partial charge in [-0.05, 0) is 78.7 Å². The maximum absolute atomic E-state index is 13.3. The Kier molecular flexibility index (Phi) is 8.31. The first kappa shape index (κ1) is 27.5. The SMILES string of the molecule is Cc1ccccc1/C=C(\NC(=O)c1ccccc1)C(=O)Nc1ccc(SCc2cc3ccc(O)cc3oc2=O)cc1. The van der Waals surface area contributed by atoms with E-state index in [1.165, 1.54) is 17.8 Å². The second kappa shape index (κ2) is 12.4. The molecule has 41 heavy (non-hydrogen) atoms. The topological polar surface area (TPSA) is 109 Å². The quantitative estimate of drug-likeness (QED) is 0.113. The van der Waals surface area contributed by atoms with Gasteiger partial charge in [0.2, 0.25) is 0 Å². The Hall–Kier alpha value is -5.08. The van der Waals surface area contributed by atoms with Crippen molar-refractivity contribution in [1.29, 1.82) is 0 Å². The van der Waals surface area contributed by atoms with E-state index in [1.807, 2.05) is 49.4 Å². The number of benzene rings is 4. The third kappa shape index (κ3) is 6.93. The van der Waals surface area contributed by atoms with Crippen molar-refractivity contribution in [2.75, 3.05) is 5.32 Å². The number of phenols is 1. The molecule has 0 radical (unpaired) electrons. The van der Waals surface area contributed by atoms with Gasteiger partial charge in [-0.2, -0.15) is 0 Å². The van der Waals surface area contributed by atoms with Crippen LogP contribution in [0, 0.1) is 6.92 Å². The Morgan fingerprint density at radius 1 is 0.902 bits per heavy atom. The van der Waals surface area contributed by atoms with Crippen molar-refractivity contribution in [2.45, 2.75) is 17.6 Å². The number of carbonyl (C=O) groups excluding carboxylic acids is 2. The van der Waals surface area contributed by atoms with Crippen molar-refractivity contribution >= 4 is 46.3 Å². The first-order valence-corrected chi connectivity index (χ1v) is 13.8. The van der Waals surface area contributed by atoms with Crippen LogP contribution in [0.15, 0.2) is 123 Å². The van der Waals surface area contributed by atoms with Gasteiger partial charge in [-0.1, -0.05) is 42.5 Å². The van der Waals surface area contributed by atoms with Crippen molar-refractivity contribution in [2.24, 2.45) is 0 Å². The van der Waals surface area contributed by atoms with E-state index in [0.29, 0.717) is 28.2 Å². The molecule has 0 aliphatic heterocycles. The Labute approximate surface area is 240 Å². The van der Waals surface area contributed by atoms with Crippen molar-refractivity contribution < 1.29 is 19.1 Å². The molecule has 1 heterocycles. The first-order valence-electron chi connectivity index (χ1n) is 12.8. The van der Waals surface area contributed by atoms with Gasteiger partial charge in [0.25, 0.3) is 11.8 Å². The molecular formula is C33H26N2O5S. The normalized spacial score (nSPS) is 11.3. The standard InChI is InChI=1S/C33H26N2O5S/c1-21-7-5-6-10-23(21)18-29(35-31(37)22-8-3-2-4-9-22)32(38)34-26-12-15-28(16-13-26)41-20-25-17-24-11-14-27(36)19-30(24)40-33(25)39/h2-19,36H,20H2,1H3,(H,34,38)(H,35,37)/b29-18-. The fraction of sp³-hybridized carbons (Fsp3) is 0.0606. The van der Waals surface area contributed by atoms with Gasteiger partial charge in [0.1, 0.15) is 17.0 Å². The van der Waals surface area contributed by atoms with Gasteiger partial charge in [0.05, 0.1) is 0 Å². The molecule has 8 heteroatoms. The van der Waals surface area contributed by atoms with Crippen LogP contribution in [0.3, 0.4) is 0 Å². The van der Waals surface area contributed by atoms with E-state index < -0.39 is 11.5 Å². The van der Waals surface area contributed by atoms with Gasteiger partial charge in [-0.15, -0.1) is 11.8 Å². The number of hydrogen-bond acceptors (Lipinski definition) is 6.